The van der Waals surface area contributed by atoms with Crippen molar-refractivity contribution in [3.63, 3.8) is 0 Å². The number of nitrogens with one attached hydrogen (secondary N) is 1. The van der Waals surface area contributed by atoms with Gasteiger partial charge in [0.1, 0.15) is 5.70 Å². The lowest BCUT2D eigenvalue weighted by molar-refractivity contribution is -0.122. The number of carbonyl (C=O) groups is 1. The fourth-order valence-electron chi connectivity index (χ4n) is 2.24. The van der Waals surface area contributed by atoms with Crippen molar-refractivity contribution in [3.8, 4) is 0 Å². The highest BCUT2D eigenvalue weighted by atomic mass is 79.9. The summed E-state index contributed by atoms with van der Waals surface area (Å²) in [6.07, 6.45) is 1.81. The van der Waals surface area contributed by atoms with E-state index in [0.717, 1.165) is 15.6 Å². The average Bonchev–Trinajstić information content (AvgIpc) is 2.76. The van der Waals surface area contributed by atoms with Crippen LogP contribution in [0.5, 0.6) is 0 Å². The second-order valence-corrected chi connectivity index (χ2v) is 6.22. The van der Waals surface area contributed by atoms with E-state index in [0.29, 0.717) is 17.4 Å². The Morgan fingerprint density at radius 3 is 2.64 bits per heavy atom. The molecule has 22 heavy (non-hydrogen) atoms. The molecule has 2 aromatic rings. The summed E-state index contributed by atoms with van der Waals surface area (Å²) in [4.78, 5) is 14.1. The van der Waals surface area contributed by atoms with Crippen molar-refractivity contribution in [1.29, 1.82) is 0 Å². The molecule has 0 radical (unpaired) electrons. The molecule has 0 saturated carbocycles. The first-order valence-electron chi connectivity index (χ1n) is 6.77. The first-order valence-corrected chi connectivity index (χ1v) is 7.97. The summed E-state index contributed by atoms with van der Waals surface area (Å²) in [5.41, 5.74) is 2.48. The Morgan fingerprint density at radius 2 is 1.91 bits per heavy atom. The molecule has 0 bridgehead atoms. The minimum atomic E-state index is -0.103. The molecule has 3 rings (SSSR count). The fourth-order valence-corrected chi connectivity index (χ4v) is 2.92. The zero-order chi connectivity index (χ0) is 15.5. The van der Waals surface area contributed by atoms with Gasteiger partial charge in [-0.1, -0.05) is 58.4 Å². The quantitative estimate of drug-likeness (QED) is 0.658. The molecule has 1 saturated heterocycles. The third-order valence-electron chi connectivity index (χ3n) is 3.31. The van der Waals surface area contributed by atoms with Crippen molar-refractivity contribution in [2.75, 3.05) is 0 Å². The summed E-state index contributed by atoms with van der Waals surface area (Å²) in [6, 6.07) is 17.6. The Kier molecular flexibility index (Phi) is 4.36. The summed E-state index contributed by atoms with van der Waals surface area (Å²) < 4.78 is 0.969. The van der Waals surface area contributed by atoms with Crippen LogP contribution in [0.3, 0.4) is 0 Å². The third kappa shape index (κ3) is 3.26. The molecular weight excluding hydrogens is 360 g/mol. The van der Waals surface area contributed by atoms with Crippen LogP contribution in [0, 0.1) is 0 Å². The van der Waals surface area contributed by atoms with Crippen molar-refractivity contribution >= 4 is 45.2 Å². The molecule has 1 heterocycles. The molecule has 2 aromatic carbocycles. The van der Waals surface area contributed by atoms with Gasteiger partial charge < -0.3 is 5.32 Å². The van der Waals surface area contributed by atoms with E-state index in [1.165, 1.54) is 0 Å². The van der Waals surface area contributed by atoms with Gasteiger partial charge in [-0.05, 0) is 41.6 Å². The van der Waals surface area contributed by atoms with Gasteiger partial charge in [0.15, 0.2) is 5.11 Å². The molecule has 5 heteroatoms. The van der Waals surface area contributed by atoms with Crippen molar-refractivity contribution in [1.82, 2.24) is 10.2 Å². The Hall–Kier alpha value is -1.98. The molecule has 1 N–H and O–H groups in total. The molecule has 0 spiro atoms. The number of halogens is 1. The molecule has 0 aliphatic carbocycles. The summed E-state index contributed by atoms with van der Waals surface area (Å²) >= 11 is 8.70. The topological polar surface area (TPSA) is 32.3 Å². The average molecular weight is 373 g/mol. The molecule has 3 nitrogen and oxygen atoms in total. The minimum Gasteiger partial charge on any atom is -0.328 e. The second kappa shape index (κ2) is 6.42. The molecule has 1 amide bonds. The minimum absolute atomic E-state index is 0.103. The Morgan fingerprint density at radius 1 is 1.14 bits per heavy atom. The van der Waals surface area contributed by atoms with E-state index in [-0.39, 0.29) is 5.91 Å². The van der Waals surface area contributed by atoms with Crippen molar-refractivity contribution in [2.24, 2.45) is 0 Å². The maximum atomic E-state index is 12.5. The molecule has 1 fully saturated rings. The lowest BCUT2D eigenvalue weighted by Gasteiger charge is -2.13. The predicted octanol–water partition coefficient (Wildman–Crippen LogP) is 3.71. The van der Waals surface area contributed by atoms with E-state index in [4.69, 9.17) is 12.2 Å². The number of thiocarbonyl (C=S) groups is 1. The van der Waals surface area contributed by atoms with E-state index in [9.17, 15) is 4.79 Å². The number of rotatable bonds is 3. The van der Waals surface area contributed by atoms with Crippen LogP contribution < -0.4 is 5.32 Å². The van der Waals surface area contributed by atoms with Crippen LogP contribution in [0.1, 0.15) is 11.1 Å². The third-order valence-corrected chi connectivity index (χ3v) is 4.12. The van der Waals surface area contributed by atoms with Crippen LogP contribution in [0.15, 0.2) is 64.8 Å². The summed E-state index contributed by atoms with van der Waals surface area (Å²) in [7, 11) is 0. The second-order valence-electron chi connectivity index (χ2n) is 4.92. The van der Waals surface area contributed by atoms with Gasteiger partial charge >= 0.3 is 0 Å². The van der Waals surface area contributed by atoms with Crippen LogP contribution in [-0.4, -0.2) is 15.9 Å². The van der Waals surface area contributed by atoms with Crippen molar-refractivity contribution in [3.05, 3.63) is 75.9 Å². The molecule has 0 atom stereocenters. The van der Waals surface area contributed by atoms with Gasteiger partial charge in [-0.2, -0.15) is 0 Å². The van der Waals surface area contributed by atoms with E-state index in [2.05, 4.69) is 21.2 Å². The van der Waals surface area contributed by atoms with Crippen LogP contribution in [-0.2, 0) is 11.3 Å². The van der Waals surface area contributed by atoms with E-state index >= 15 is 0 Å². The normalized spacial score (nSPS) is 16.2. The summed E-state index contributed by atoms with van der Waals surface area (Å²) in [6.45, 7) is 0.474. The first kappa shape index (κ1) is 14.9. The Labute approximate surface area is 142 Å². The maximum absolute atomic E-state index is 12.5. The fraction of sp³-hybridized carbons (Fsp3) is 0.0588. The van der Waals surface area contributed by atoms with Crippen LogP contribution in [0.4, 0.5) is 0 Å². The van der Waals surface area contributed by atoms with Gasteiger partial charge in [0.05, 0.1) is 6.54 Å². The molecule has 110 valence electrons. The smallest absolute Gasteiger partial charge is 0.276 e. The van der Waals surface area contributed by atoms with Gasteiger partial charge in [0.25, 0.3) is 5.91 Å². The van der Waals surface area contributed by atoms with Gasteiger partial charge in [-0.25, -0.2) is 0 Å². The molecule has 1 aliphatic rings. The number of nitrogens with zero attached hydrogens (tertiary/aromatic N) is 1. The summed E-state index contributed by atoms with van der Waals surface area (Å²) in [5, 5.41) is 3.44. The number of amides is 1. The highest BCUT2D eigenvalue weighted by Gasteiger charge is 2.30. The van der Waals surface area contributed by atoms with Gasteiger partial charge in [0.2, 0.25) is 0 Å². The lowest BCUT2D eigenvalue weighted by atomic mass is 10.2. The Bertz CT molecular complexity index is 758. The molecule has 0 unspecified atom stereocenters. The van der Waals surface area contributed by atoms with E-state index < -0.39 is 0 Å². The SMILES string of the molecule is O=C1/C(=C\c2cccc(Br)c2)NC(=S)N1Cc1ccccc1. The predicted molar refractivity (Wildman–Crippen MR) is 94.8 cm³/mol. The van der Waals surface area contributed by atoms with Gasteiger partial charge in [0, 0.05) is 4.47 Å². The number of carbonyl (C=O) groups excluding carboxylic acids is 1. The number of hydrogen-bond donors (Lipinski definition) is 1. The van der Waals surface area contributed by atoms with Gasteiger partial charge in [-0.3, -0.25) is 9.69 Å². The largest absolute Gasteiger partial charge is 0.328 e. The highest BCUT2D eigenvalue weighted by Crippen LogP contribution is 2.19. The number of benzene rings is 2. The van der Waals surface area contributed by atoms with E-state index in [1.807, 2.05) is 60.7 Å². The first-order chi connectivity index (χ1) is 10.6. The maximum Gasteiger partial charge on any atom is 0.276 e. The monoisotopic (exact) mass is 372 g/mol. The zero-order valence-corrected chi connectivity index (χ0v) is 14.0. The lowest BCUT2D eigenvalue weighted by Crippen LogP contribution is -2.29. The van der Waals surface area contributed by atoms with Crippen molar-refractivity contribution < 1.29 is 4.79 Å². The summed E-state index contributed by atoms with van der Waals surface area (Å²) in [5.74, 6) is -0.103. The van der Waals surface area contributed by atoms with E-state index in [1.54, 1.807) is 4.90 Å². The number of hydrogen-bond acceptors (Lipinski definition) is 2. The Balaban J connectivity index is 1.82. The molecular formula is C17H13BrN2OS. The highest BCUT2D eigenvalue weighted by molar-refractivity contribution is 9.10. The van der Waals surface area contributed by atoms with Gasteiger partial charge in [-0.15, -0.1) is 0 Å². The zero-order valence-electron chi connectivity index (χ0n) is 11.6. The molecule has 1 aliphatic heterocycles. The standard InChI is InChI=1S/C17H13BrN2OS/c18-14-8-4-7-13(9-14)10-15-16(21)20(17(22)19-15)11-12-5-2-1-3-6-12/h1-10H,11H2,(H,19,22)/b15-10+. The van der Waals surface area contributed by atoms with Crippen LogP contribution in [0.25, 0.3) is 6.08 Å². The molecule has 0 aromatic heterocycles. The van der Waals surface area contributed by atoms with Crippen LogP contribution in [0.2, 0.25) is 0 Å². The van der Waals surface area contributed by atoms with Crippen LogP contribution >= 0.6 is 28.1 Å². The van der Waals surface area contributed by atoms with Crippen molar-refractivity contribution in [2.45, 2.75) is 6.54 Å².